The van der Waals surface area contributed by atoms with Gasteiger partial charge in [0, 0.05) is 31.6 Å². The number of benzene rings is 1. The predicted molar refractivity (Wildman–Crippen MR) is 106 cm³/mol. The molecule has 2 fully saturated rings. The van der Waals surface area contributed by atoms with Crippen LogP contribution in [-0.4, -0.2) is 53.1 Å². The summed E-state index contributed by atoms with van der Waals surface area (Å²) < 4.78 is 46.0. The van der Waals surface area contributed by atoms with Crippen LogP contribution in [-0.2, 0) is 10.9 Å². The summed E-state index contributed by atoms with van der Waals surface area (Å²) in [4.78, 5) is 14.4. The van der Waals surface area contributed by atoms with Crippen LogP contribution in [0.2, 0.25) is 0 Å². The van der Waals surface area contributed by atoms with Gasteiger partial charge in [-0.3, -0.25) is 4.68 Å². The van der Waals surface area contributed by atoms with Crippen LogP contribution in [0.3, 0.4) is 0 Å². The van der Waals surface area contributed by atoms with Gasteiger partial charge in [-0.1, -0.05) is 0 Å². The zero-order chi connectivity index (χ0) is 21.3. The van der Waals surface area contributed by atoms with Gasteiger partial charge in [0.1, 0.15) is 0 Å². The number of carbonyl (C=O) groups excluding carboxylic acids is 1. The van der Waals surface area contributed by atoms with Crippen LogP contribution in [0.25, 0.3) is 10.9 Å². The van der Waals surface area contributed by atoms with E-state index in [0.717, 1.165) is 50.7 Å². The number of hydrogen-bond donors (Lipinski definition) is 1. The Hall–Kier alpha value is -2.29. The van der Waals surface area contributed by atoms with E-state index < -0.39 is 11.7 Å². The first-order valence-corrected chi connectivity index (χ1v) is 10.5. The first-order chi connectivity index (χ1) is 14.3. The zero-order valence-electron chi connectivity index (χ0n) is 17.0. The van der Waals surface area contributed by atoms with Gasteiger partial charge >= 0.3 is 12.2 Å². The van der Waals surface area contributed by atoms with Gasteiger partial charge in [-0.2, -0.15) is 18.3 Å². The van der Waals surface area contributed by atoms with Crippen molar-refractivity contribution in [2.75, 3.05) is 20.2 Å². The highest BCUT2D eigenvalue weighted by Crippen LogP contribution is 2.33. The number of nitrogens with one attached hydrogen (secondary N) is 1. The molecule has 9 heteroatoms. The normalized spacial score (nSPS) is 23.7. The van der Waals surface area contributed by atoms with Gasteiger partial charge in [0.05, 0.1) is 29.4 Å². The summed E-state index contributed by atoms with van der Waals surface area (Å²) >= 11 is 0. The molecule has 2 amide bonds. The average Bonchev–Trinajstić information content (AvgIpc) is 3.17. The van der Waals surface area contributed by atoms with E-state index in [0.29, 0.717) is 30.1 Å². The standard InChI is InChI=1S/C21H27F3N4O2/c1-30-18-5-3-16(4-6-18)26-20(29)27-10-8-17(9-11-27)28-19-7-2-15(21(22,23)24)12-14(19)13-25-28/h2,7,12-13,16-18H,3-6,8-11H2,1H3,(H,26,29). The van der Waals surface area contributed by atoms with Gasteiger partial charge in [0.25, 0.3) is 0 Å². The van der Waals surface area contributed by atoms with Crippen LogP contribution in [0.1, 0.15) is 50.1 Å². The Morgan fingerprint density at radius 2 is 1.83 bits per heavy atom. The third kappa shape index (κ3) is 4.40. The smallest absolute Gasteiger partial charge is 0.381 e. The van der Waals surface area contributed by atoms with Crippen LogP contribution in [0.5, 0.6) is 0 Å². The van der Waals surface area contributed by atoms with Gasteiger partial charge in [-0.25, -0.2) is 4.79 Å². The molecular weight excluding hydrogens is 397 g/mol. The number of methoxy groups -OCH3 is 1. The lowest BCUT2D eigenvalue weighted by Gasteiger charge is -2.35. The molecule has 1 saturated carbocycles. The molecule has 164 valence electrons. The van der Waals surface area contributed by atoms with Crippen molar-refractivity contribution < 1.29 is 22.7 Å². The van der Waals surface area contributed by atoms with Crippen molar-refractivity contribution >= 4 is 16.9 Å². The molecule has 1 N–H and O–H groups in total. The maximum absolute atomic E-state index is 12.9. The summed E-state index contributed by atoms with van der Waals surface area (Å²) in [5.41, 5.74) is 0.0291. The first kappa shape index (κ1) is 21.0. The molecule has 2 aliphatic rings. The number of urea groups is 1. The number of nitrogens with zero attached hydrogens (tertiary/aromatic N) is 3. The highest BCUT2D eigenvalue weighted by atomic mass is 19.4. The third-order valence-corrected chi connectivity index (χ3v) is 6.36. The van der Waals surface area contributed by atoms with Gasteiger partial charge in [-0.15, -0.1) is 0 Å². The van der Waals surface area contributed by atoms with Crippen molar-refractivity contribution in [3.05, 3.63) is 30.0 Å². The quantitative estimate of drug-likeness (QED) is 0.797. The van der Waals surface area contributed by atoms with Gasteiger partial charge in [0.2, 0.25) is 0 Å². The second-order valence-corrected chi connectivity index (χ2v) is 8.24. The van der Waals surface area contributed by atoms with Crippen LogP contribution >= 0.6 is 0 Å². The summed E-state index contributed by atoms with van der Waals surface area (Å²) in [6.07, 6.45) is 2.66. The maximum Gasteiger partial charge on any atom is 0.416 e. The number of hydrogen-bond acceptors (Lipinski definition) is 3. The molecule has 0 atom stereocenters. The molecule has 0 bridgehead atoms. The molecule has 4 rings (SSSR count). The number of ether oxygens (including phenoxy) is 1. The molecule has 1 saturated heterocycles. The highest BCUT2D eigenvalue weighted by Gasteiger charge is 2.32. The number of aromatic nitrogens is 2. The first-order valence-electron chi connectivity index (χ1n) is 10.5. The zero-order valence-corrected chi connectivity index (χ0v) is 17.0. The molecule has 1 aromatic carbocycles. The Kier molecular flexibility index (Phi) is 5.90. The lowest BCUT2D eigenvalue weighted by Crippen LogP contribution is -2.49. The Labute approximate surface area is 173 Å². The molecule has 0 spiro atoms. The van der Waals surface area contributed by atoms with Gasteiger partial charge < -0.3 is 15.0 Å². The van der Waals surface area contributed by atoms with E-state index in [1.807, 2.05) is 4.90 Å². The summed E-state index contributed by atoms with van der Waals surface area (Å²) in [5, 5.41) is 7.96. The molecule has 0 radical (unpaired) electrons. The van der Waals surface area contributed by atoms with Crippen LogP contribution in [0, 0.1) is 0 Å². The lowest BCUT2D eigenvalue weighted by molar-refractivity contribution is -0.137. The van der Waals surface area contributed by atoms with Gasteiger partial charge in [0.15, 0.2) is 0 Å². The number of piperidine rings is 1. The second kappa shape index (κ2) is 8.45. The molecule has 0 unspecified atom stereocenters. The van der Waals surface area contributed by atoms with E-state index in [4.69, 9.17) is 4.74 Å². The number of halogens is 3. The average molecular weight is 424 g/mol. The topological polar surface area (TPSA) is 59.4 Å². The molecule has 30 heavy (non-hydrogen) atoms. The van der Waals surface area contributed by atoms with E-state index in [9.17, 15) is 18.0 Å². The summed E-state index contributed by atoms with van der Waals surface area (Å²) in [5.74, 6) is 0. The minimum atomic E-state index is -4.36. The summed E-state index contributed by atoms with van der Waals surface area (Å²) in [6, 6.07) is 3.95. The molecule has 6 nitrogen and oxygen atoms in total. The lowest BCUT2D eigenvalue weighted by atomic mass is 9.93. The maximum atomic E-state index is 12.9. The summed E-state index contributed by atoms with van der Waals surface area (Å²) in [7, 11) is 1.73. The third-order valence-electron chi connectivity index (χ3n) is 6.36. The Morgan fingerprint density at radius 1 is 1.13 bits per heavy atom. The molecule has 1 aliphatic heterocycles. The number of amides is 2. The largest absolute Gasteiger partial charge is 0.416 e. The van der Waals surface area contributed by atoms with E-state index in [-0.39, 0.29) is 18.1 Å². The van der Waals surface area contributed by atoms with Crippen LogP contribution < -0.4 is 5.32 Å². The molecule has 1 aromatic heterocycles. The number of fused-ring (bicyclic) bond motifs is 1. The molecule has 2 heterocycles. The van der Waals surface area contributed by atoms with E-state index in [2.05, 4.69) is 10.4 Å². The fourth-order valence-electron chi connectivity index (χ4n) is 4.54. The van der Waals surface area contributed by atoms with E-state index in [1.165, 1.54) is 12.3 Å². The van der Waals surface area contributed by atoms with Crippen LogP contribution in [0.15, 0.2) is 24.4 Å². The van der Waals surface area contributed by atoms with Crippen molar-refractivity contribution in [1.29, 1.82) is 0 Å². The van der Waals surface area contributed by atoms with Gasteiger partial charge in [-0.05, 0) is 56.7 Å². The Balaban J connectivity index is 1.34. The SMILES string of the molecule is COC1CCC(NC(=O)N2CCC(n3ncc4cc(C(F)(F)F)ccc43)CC2)CC1. The van der Waals surface area contributed by atoms with Crippen LogP contribution in [0.4, 0.5) is 18.0 Å². The number of alkyl halides is 3. The Morgan fingerprint density at radius 3 is 2.47 bits per heavy atom. The summed E-state index contributed by atoms with van der Waals surface area (Å²) in [6.45, 7) is 1.21. The van der Waals surface area contributed by atoms with E-state index in [1.54, 1.807) is 11.8 Å². The second-order valence-electron chi connectivity index (χ2n) is 8.24. The predicted octanol–water partition coefficient (Wildman–Crippen LogP) is 4.36. The molecular formula is C21H27F3N4O2. The minimum absolute atomic E-state index is 0.0329. The van der Waals surface area contributed by atoms with E-state index >= 15 is 0 Å². The molecule has 2 aromatic rings. The highest BCUT2D eigenvalue weighted by molar-refractivity contribution is 5.79. The van der Waals surface area contributed by atoms with Crippen molar-refractivity contribution in [2.24, 2.45) is 0 Å². The van der Waals surface area contributed by atoms with Crippen molar-refractivity contribution in [2.45, 2.75) is 62.9 Å². The molecule has 1 aliphatic carbocycles. The minimum Gasteiger partial charge on any atom is -0.381 e. The Bertz CT molecular complexity index is 882. The van der Waals surface area contributed by atoms with Crippen molar-refractivity contribution in [1.82, 2.24) is 20.0 Å². The number of carbonyl (C=O) groups is 1. The fourth-order valence-corrected chi connectivity index (χ4v) is 4.54. The fraction of sp³-hybridized carbons (Fsp3) is 0.619. The monoisotopic (exact) mass is 424 g/mol. The number of rotatable bonds is 3. The van der Waals surface area contributed by atoms with Crippen molar-refractivity contribution in [3.63, 3.8) is 0 Å². The van der Waals surface area contributed by atoms with Crippen molar-refractivity contribution in [3.8, 4) is 0 Å². The number of likely N-dealkylation sites (tertiary alicyclic amines) is 1.